The molecule has 4 nitrogen and oxygen atoms in total. The largest absolute Gasteiger partial charge is 0.456 e. The Balaban J connectivity index is 2.87. The third-order valence-corrected chi connectivity index (χ3v) is 1.86. The highest BCUT2D eigenvalue weighted by Gasteiger charge is 2.19. The van der Waals surface area contributed by atoms with Gasteiger partial charge >= 0.3 is 12.6 Å². The van der Waals surface area contributed by atoms with Gasteiger partial charge in [-0.3, -0.25) is 0 Å². The molecule has 0 radical (unpaired) electrons. The van der Waals surface area contributed by atoms with Crippen molar-refractivity contribution in [2.45, 2.75) is 33.0 Å². The van der Waals surface area contributed by atoms with Crippen molar-refractivity contribution < 1.29 is 23.0 Å². The Bertz CT molecular complexity index is 441. The number of hydrogen-bond acceptors (Lipinski definition) is 4. The van der Waals surface area contributed by atoms with Gasteiger partial charge in [0, 0.05) is 0 Å². The summed E-state index contributed by atoms with van der Waals surface area (Å²) in [6, 6.07) is 3.77. The zero-order valence-corrected chi connectivity index (χ0v) is 10.4. The van der Waals surface area contributed by atoms with Gasteiger partial charge in [-0.2, -0.15) is 8.78 Å². The maximum Gasteiger partial charge on any atom is 0.387 e. The van der Waals surface area contributed by atoms with Gasteiger partial charge in [0.1, 0.15) is 11.4 Å². The topological polar surface area (TPSA) is 61.5 Å². The van der Waals surface area contributed by atoms with Crippen LogP contribution in [-0.4, -0.2) is 18.2 Å². The lowest BCUT2D eigenvalue weighted by atomic mass is 10.1. The van der Waals surface area contributed by atoms with E-state index in [1.54, 1.807) is 20.8 Å². The number of esters is 1. The van der Waals surface area contributed by atoms with Gasteiger partial charge in [0.05, 0.1) is 11.3 Å². The summed E-state index contributed by atoms with van der Waals surface area (Å²) in [5.41, 5.74) is 5.01. The smallest absolute Gasteiger partial charge is 0.387 e. The molecule has 0 aliphatic rings. The molecule has 0 aromatic heterocycles. The average molecular weight is 259 g/mol. The Morgan fingerprint density at radius 3 is 2.39 bits per heavy atom. The zero-order valence-electron chi connectivity index (χ0n) is 10.4. The number of carbonyl (C=O) groups excluding carboxylic acids is 1. The summed E-state index contributed by atoms with van der Waals surface area (Å²) < 4.78 is 33.3. The number of benzene rings is 1. The van der Waals surface area contributed by atoms with Crippen molar-refractivity contribution in [1.82, 2.24) is 0 Å². The van der Waals surface area contributed by atoms with Crippen molar-refractivity contribution >= 4 is 11.7 Å². The number of hydrogen-bond donors (Lipinski definition) is 1. The van der Waals surface area contributed by atoms with Crippen LogP contribution in [0.25, 0.3) is 0 Å². The molecule has 0 aliphatic carbocycles. The molecule has 0 aliphatic heterocycles. The summed E-state index contributed by atoms with van der Waals surface area (Å²) in [7, 11) is 0. The van der Waals surface area contributed by atoms with Crippen LogP contribution >= 0.6 is 0 Å². The lowest BCUT2D eigenvalue weighted by Crippen LogP contribution is -2.24. The lowest BCUT2D eigenvalue weighted by molar-refractivity contribution is -0.0493. The number of nitrogen functional groups attached to an aromatic ring is 1. The molecule has 0 saturated heterocycles. The molecular weight excluding hydrogens is 244 g/mol. The zero-order chi connectivity index (χ0) is 13.9. The molecule has 18 heavy (non-hydrogen) atoms. The molecule has 6 heteroatoms. The van der Waals surface area contributed by atoms with Gasteiger partial charge in [-0.15, -0.1) is 0 Å². The second kappa shape index (κ2) is 5.20. The van der Waals surface area contributed by atoms with E-state index in [9.17, 15) is 13.6 Å². The second-order valence-electron chi connectivity index (χ2n) is 4.63. The molecule has 0 unspecified atom stereocenters. The average Bonchev–Trinajstić information content (AvgIpc) is 2.17. The molecule has 1 aromatic carbocycles. The van der Waals surface area contributed by atoms with E-state index in [4.69, 9.17) is 10.5 Å². The van der Waals surface area contributed by atoms with E-state index >= 15 is 0 Å². The van der Waals surface area contributed by atoms with Crippen LogP contribution in [0.3, 0.4) is 0 Å². The van der Waals surface area contributed by atoms with Crippen molar-refractivity contribution in [1.29, 1.82) is 0 Å². The Hall–Kier alpha value is -1.85. The minimum atomic E-state index is -2.96. The van der Waals surface area contributed by atoms with Crippen molar-refractivity contribution in [2.24, 2.45) is 0 Å². The molecule has 0 atom stereocenters. The van der Waals surface area contributed by atoms with Crippen LogP contribution in [0.1, 0.15) is 31.1 Å². The fourth-order valence-corrected chi connectivity index (χ4v) is 1.22. The maximum atomic E-state index is 12.0. The van der Waals surface area contributed by atoms with Crippen LogP contribution < -0.4 is 10.5 Å². The maximum absolute atomic E-state index is 12.0. The Kier molecular flexibility index (Phi) is 4.11. The summed E-state index contributed by atoms with van der Waals surface area (Å²) in [6.45, 7) is 2.22. The molecule has 0 spiro atoms. The Morgan fingerprint density at radius 1 is 1.33 bits per heavy atom. The van der Waals surface area contributed by atoms with Gasteiger partial charge in [0.2, 0.25) is 0 Å². The van der Waals surface area contributed by atoms with Crippen LogP contribution in [0.4, 0.5) is 14.5 Å². The van der Waals surface area contributed by atoms with Crippen LogP contribution in [0.5, 0.6) is 5.75 Å². The molecule has 100 valence electrons. The summed E-state index contributed by atoms with van der Waals surface area (Å²) >= 11 is 0. The Labute approximate surface area is 104 Å². The molecule has 0 heterocycles. The molecule has 0 bridgehead atoms. The molecule has 0 fully saturated rings. The molecule has 0 amide bonds. The van der Waals surface area contributed by atoms with Crippen molar-refractivity contribution in [2.75, 3.05) is 5.73 Å². The molecular formula is C12H15F2NO3. The number of nitrogens with two attached hydrogens (primary N) is 1. The first-order valence-corrected chi connectivity index (χ1v) is 5.27. The van der Waals surface area contributed by atoms with Gasteiger partial charge in [-0.05, 0) is 39.0 Å². The lowest BCUT2D eigenvalue weighted by Gasteiger charge is -2.19. The van der Waals surface area contributed by atoms with Gasteiger partial charge < -0.3 is 15.2 Å². The molecule has 0 saturated carbocycles. The summed E-state index contributed by atoms with van der Waals surface area (Å²) in [4.78, 5) is 11.7. The number of alkyl halides is 2. The third kappa shape index (κ3) is 4.20. The van der Waals surface area contributed by atoms with Gasteiger partial charge in [0.25, 0.3) is 0 Å². The monoisotopic (exact) mass is 259 g/mol. The van der Waals surface area contributed by atoms with Gasteiger partial charge in [0.15, 0.2) is 0 Å². The van der Waals surface area contributed by atoms with Crippen LogP contribution in [0.2, 0.25) is 0 Å². The van der Waals surface area contributed by atoms with E-state index in [0.717, 1.165) is 0 Å². The molecule has 1 aromatic rings. The number of anilines is 1. The standard InChI is InChI=1S/C12H15F2NO3/c1-12(2,3)18-10(16)7-4-5-9(8(15)6-7)17-11(13)14/h4-6,11H,15H2,1-3H3. The SMILES string of the molecule is CC(C)(C)OC(=O)c1ccc(OC(F)F)c(N)c1. The highest BCUT2D eigenvalue weighted by atomic mass is 19.3. The first kappa shape index (κ1) is 14.2. The summed E-state index contributed by atoms with van der Waals surface area (Å²) in [5.74, 6) is -0.741. The van der Waals surface area contributed by atoms with Crippen molar-refractivity contribution in [3.8, 4) is 5.75 Å². The fourth-order valence-electron chi connectivity index (χ4n) is 1.22. The highest BCUT2D eigenvalue weighted by molar-refractivity contribution is 5.91. The van der Waals surface area contributed by atoms with Gasteiger partial charge in [-0.25, -0.2) is 4.79 Å². The van der Waals surface area contributed by atoms with Crippen molar-refractivity contribution in [3.63, 3.8) is 0 Å². The number of ether oxygens (including phenoxy) is 2. The predicted molar refractivity (Wildman–Crippen MR) is 62.7 cm³/mol. The highest BCUT2D eigenvalue weighted by Crippen LogP contribution is 2.25. The molecule has 1 rings (SSSR count). The summed E-state index contributed by atoms with van der Waals surface area (Å²) in [5, 5.41) is 0. The van der Waals surface area contributed by atoms with Crippen LogP contribution in [0, 0.1) is 0 Å². The van der Waals surface area contributed by atoms with Crippen molar-refractivity contribution in [3.05, 3.63) is 23.8 Å². The first-order chi connectivity index (χ1) is 8.19. The quantitative estimate of drug-likeness (QED) is 0.669. The van der Waals surface area contributed by atoms with E-state index in [1.807, 2.05) is 0 Å². The van der Waals surface area contributed by atoms with Crippen LogP contribution in [0.15, 0.2) is 18.2 Å². The number of carbonyl (C=O) groups is 1. The van der Waals surface area contributed by atoms with Crippen LogP contribution in [-0.2, 0) is 4.74 Å². The number of halogens is 2. The summed E-state index contributed by atoms with van der Waals surface area (Å²) in [6.07, 6.45) is 0. The number of rotatable bonds is 3. The van der Waals surface area contributed by atoms with E-state index in [0.29, 0.717) is 0 Å². The predicted octanol–water partition coefficient (Wildman–Crippen LogP) is 2.83. The minimum absolute atomic E-state index is 0.0429. The third-order valence-electron chi connectivity index (χ3n) is 1.86. The minimum Gasteiger partial charge on any atom is -0.456 e. The molecule has 2 N–H and O–H groups in total. The van der Waals surface area contributed by atoms with E-state index in [1.165, 1.54) is 18.2 Å². The fraction of sp³-hybridized carbons (Fsp3) is 0.417. The van der Waals surface area contributed by atoms with E-state index < -0.39 is 18.2 Å². The van der Waals surface area contributed by atoms with Gasteiger partial charge in [-0.1, -0.05) is 0 Å². The first-order valence-electron chi connectivity index (χ1n) is 5.27. The van der Waals surface area contributed by atoms with E-state index in [2.05, 4.69) is 4.74 Å². The van der Waals surface area contributed by atoms with E-state index in [-0.39, 0.29) is 17.0 Å². The normalized spacial score (nSPS) is 11.4. The Morgan fingerprint density at radius 2 is 1.94 bits per heavy atom. The second-order valence-corrected chi connectivity index (χ2v) is 4.63.